The molecular weight excluding hydrogens is 480 g/mol. The summed E-state index contributed by atoms with van der Waals surface area (Å²) in [7, 11) is 0. The Morgan fingerprint density at radius 1 is 0.436 bits per heavy atom. The zero-order valence-corrected chi connectivity index (χ0v) is 20.9. The summed E-state index contributed by atoms with van der Waals surface area (Å²) >= 11 is 0. The molecule has 3 heterocycles. The van der Waals surface area contributed by atoms with Gasteiger partial charge in [-0.05, 0) is 59.7 Å². The number of rotatable bonds is 4. The van der Waals surface area contributed by atoms with E-state index in [1.165, 1.54) is 11.1 Å². The number of fused-ring (bicyclic) bond motifs is 6. The van der Waals surface area contributed by atoms with Gasteiger partial charge in [-0.15, -0.1) is 0 Å². The fourth-order valence-electron chi connectivity index (χ4n) is 5.44. The molecule has 4 heteroatoms. The minimum absolute atomic E-state index is 0.774. The van der Waals surface area contributed by atoms with Crippen molar-refractivity contribution in [1.29, 1.82) is 0 Å². The Labute approximate surface area is 224 Å². The maximum absolute atomic E-state index is 6.11. The van der Waals surface area contributed by atoms with E-state index < -0.39 is 0 Å². The van der Waals surface area contributed by atoms with Crippen LogP contribution in [0, 0.1) is 0 Å². The third-order valence-corrected chi connectivity index (χ3v) is 7.33. The summed E-state index contributed by atoms with van der Waals surface area (Å²) in [5.41, 5.74) is 7.75. The number of hydrogen-bond acceptors (Lipinski definition) is 4. The van der Waals surface area contributed by atoms with Gasteiger partial charge < -0.3 is 8.83 Å². The lowest BCUT2D eigenvalue weighted by atomic mass is 10.0. The molecule has 39 heavy (non-hydrogen) atoms. The van der Waals surface area contributed by atoms with Crippen LogP contribution in [0.5, 0.6) is 0 Å². The van der Waals surface area contributed by atoms with Crippen molar-refractivity contribution in [2.75, 3.05) is 4.90 Å². The monoisotopic (exact) mass is 502 g/mol. The maximum atomic E-state index is 6.11. The first kappa shape index (κ1) is 21.7. The molecule has 0 saturated carbocycles. The number of pyridine rings is 1. The van der Waals surface area contributed by atoms with Crippen LogP contribution in [0.2, 0.25) is 0 Å². The Bertz CT molecular complexity index is 2010. The van der Waals surface area contributed by atoms with E-state index in [4.69, 9.17) is 13.8 Å². The summed E-state index contributed by atoms with van der Waals surface area (Å²) in [5.74, 6) is 0.814. The second kappa shape index (κ2) is 8.61. The zero-order valence-electron chi connectivity index (χ0n) is 20.9. The molecule has 184 valence electrons. The van der Waals surface area contributed by atoms with E-state index >= 15 is 0 Å². The molecule has 8 aromatic rings. The Hall–Kier alpha value is -5.35. The van der Waals surface area contributed by atoms with Crippen LogP contribution in [0.25, 0.3) is 55.0 Å². The third-order valence-electron chi connectivity index (χ3n) is 7.33. The van der Waals surface area contributed by atoms with Gasteiger partial charge in [-0.1, -0.05) is 78.9 Å². The molecule has 0 saturated heterocycles. The molecule has 0 radical (unpaired) electrons. The van der Waals surface area contributed by atoms with Gasteiger partial charge in [0, 0.05) is 32.9 Å². The third kappa shape index (κ3) is 3.57. The van der Waals surface area contributed by atoms with Gasteiger partial charge in [-0.25, -0.2) is 4.98 Å². The lowest BCUT2D eigenvalue weighted by Crippen LogP contribution is -2.11. The number of benzene rings is 5. The maximum Gasteiger partial charge on any atom is 0.153 e. The number of hydrogen-bond donors (Lipinski definition) is 0. The van der Waals surface area contributed by atoms with E-state index in [1.54, 1.807) is 0 Å². The molecule has 4 nitrogen and oxygen atoms in total. The highest BCUT2D eigenvalue weighted by Crippen LogP contribution is 2.40. The quantitative estimate of drug-likeness (QED) is 0.240. The molecular formula is C35H22N2O2. The Morgan fingerprint density at radius 3 is 1.74 bits per heavy atom. The predicted octanol–water partition coefficient (Wildman–Crippen LogP) is 10.0. The second-order valence-corrected chi connectivity index (χ2v) is 9.66. The fourth-order valence-corrected chi connectivity index (χ4v) is 5.44. The van der Waals surface area contributed by atoms with Crippen molar-refractivity contribution in [2.24, 2.45) is 0 Å². The summed E-state index contributed by atoms with van der Waals surface area (Å²) in [6.45, 7) is 0. The van der Waals surface area contributed by atoms with Gasteiger partial charge >= 0.3 is 0 Å². The molecule has 3 aromatic heterocycles. The highest BCUT2D eigenvalue weighted by Gasteiger charge is 2.18. The summed E-state index contributed by atoms with van der Waals surface area (Å²) in [6, 6.07) is 43.8. The lowest BCUT2D eigenvalue weighted by molar-refractivity contribution is 0.667. The first-order valence-corrected chi connectivity index (χ1v) is 13.0. The van der Waals surface area contributed by atoms with Crippen molar-refractivity contribution < 1.29 is 8.83 Å². The van der Waals surface area contributed by atoms with Crippen molar-refractivity contribution in [3.8, 4) is 11.1 Å². The summed E-state index contributed by atoms with van der Waals surface area (Å²) in [6.07, 6.45) is 1.82. The number of anilines is 3. The molecule has 0 amide bonds. The molecule has 0 spiro atoms. The molecule has 0 fully saturated rings. The first-order valence-electron chi connectivity index (χ1n) is 13.0. The topological polar surface area (TPSA) is 42.4 Å². The van der Waals surface area contributed by atoms with E-state index in [9.17, 15) is 0 Å². The van der Waals surface area contributed by atoms with Gasteiger partial charge in [-0.3, -0.25) is 4.90 Å². The van der Waals surface area contributed by atoms with Crippen LogP contribution in [0.3, 0.4) is 0 Å². The van der Waals surface area contributed by atoms with Crippen LogP contribution in [-0.2, 0) is 0 Å². The molecule has 0 aliphatic rings. The Kier molecular flexibility index (Phi) is 4.79. The molecule has 0 aliphatic heterocycles. The molecule has 8 rings (SSSR count). The number of furan rings is 2. The summed E-state index contributed by atoms with van der Waals surface area (Å²) in [5, 5.41) is 4.28. The van der Waals surface area contributed by atoms with Crippen LogP contribution in [0.1, 0.15) is 0 Å². The van der Waals surface area contributed by atoms with Gasteiger partial charge in [0.25, 0.3) is 0 Å². The van der Waals surface area contributed by atoms with Crippen LogP contribution >= 0.6 is 0 Å². The molecule has 5 aromatic carbocycles. The van der Waals surface area contributed by atoms with E-state index in [0.717, 1.165) is 61.1 Å². The fraction of sp³-hybridized carbons (Fsp3) is 0. The largest absolute Gasteiger partial charge is 0.456 e. The predicted molar refractivity (Wildman–Crippen MR) is 159 cm³/mol. The van der Waals surface area contributed by atoms with Crippen molar-refractivity contribution in [2.45, 2.75) is 0 Å². The highest BCUT2D eigenvalue weighted by molar-refractivity contribution is 6.08. The van der Waals surface area contributed by atoms with Crippen LogP contribution in [-0.4, -0.2) is 4.98 Å². The average Bonchev–Trinajstić information content (AvgIpc) is 3.56. The van der Waals surface area contributed by atoms with Crippen molar-refractivity contribution >= 4 is 61.1 Å². The number of aromatic nitrogens is 1. The van der Waals surface area contributed by atoms with E-state index in [0.29, 0.717) is 0 Å². The van der Waals surface area contributed by atoms with E-state index in [2.05, 4.69) is 83.8 Å². The average molecular weight is 503 g/mol. The normalized spacial score (nSPS) is 11.6. The summed E-state index contributed by atoms with van der Waals surface area (Å²) < 4.78 is 12.2. The zero-order chi connectivity index (χ0) is 25.8. The van der Waals surface area contributed by atoms with Crippen LogP contribution in [0.15, 0.2) is 142 Å². The van der Waals surface area contributed by atoms with Gasteiger partial charge in [0.2, 0.25) is 0 Å². The van der Waals surface area contributed by atoms with E-state index in [1.807, 2.05) is 54.7 Å². The highest BCUT2D eigenvalue weighted by atomic mass is 16.3. The minimum atomic E-state index is 0.774. The molecule has 0 N–H and O–H groups in total. The van der Waals surface area contributed by atoms with E-state index in [-0.39, 0.29) is 0 Å². The standard InChI is InChI=1S/C35H22N2O2/c1-2-8-23(9-3-1)24-14-16-25(17-15-24)37(26-18-19-33-29(20-26)27-10-4-6-12-31(27)38-33)35-21-30-28-11-5-7-13-32(28)39-34(30)22-36-35/h1-22H. The smallest absolute Gasteiger partial charge is 0.153 e. The van der Waals surface area contributed by atoms with Crippen LogP contribution < -0.4 is 4.90 Å². The number of para-hydroxylation sites is 2. The molecule has 0 atom stereocenters. The lowest BCUT2D eigenvalue weighted by Gasteiger charge is -2.24. The minimum Gasteiger partial charge on any atom is -0.456 e. The molecule has 0 bridgehead atoms. The van der Waals surface area contributed by atoms with Gasteiger partial charge in [0.1, 0.15) is 22.6 Å². The molecule has 0 aliphatic carbocycles. The number of nitrogens with zero attached hydrogens (tertiary/aromatic N) is 2. The second-order valence-electron chi connectivity index (χ2n) is 9.66. The Balaban J connectivity index is 1.33. The van der Waals surface area contributed by atoms with Gasteiger partial charge in [0.05, 0.1) is 6.20 Å². The summed E-state index contributed by atoms with van der Waals surface area (Å²) in [4.78, 5) is 7.07. The van der Waals surface area contributed by atoms with Crippen molar-refractivity contribution in [3.63, 3.8) is 0 Å². The Morgan fingerprint density at radius 2 is 1.00 bits per heavy atom. The SMILES string of the molecule is c1ccc(-c2ccc(N(c3ccc4oc5ccccc5c4c3)c3cc4c(cn3)oc3ccccc34)cc2)cc1. The molecule has 0 unspecified atom stereocenters. The van der Waals surface area contributed by atoms with Crippen molar-refractivity contribution in [3.05, 3.63) is 134 Å². The van der Waals surface area contributed by atoms with Gasteiger partial charge in [0.15, 0.2) is 5.58 Å². The van der Waals surface area contributed by atoms with Crippen LogP contribution in [0.4, 0.5) is 17.2 Å². The van der Waals surface area contributed by atoms with Gasteiger partial charge in [-0.2, -0.15) is 0 Å². The first-order chi connectivity index (χ1) is 19.3. The van der Waals surface area contributed by atoms with Crippen molar-refractivity contribution in [1.82, 2.24) is 4.98 Å².